The molecular formula is C29H32N6O3. The molecule has 4 heterocycles. The van der Waals surface area contributed by atoms with E-state index >= 15 is 0 Å². The largest absolute Gasteiger partial charge is 0.489 e. The van der Waals surface area contributed by atoms with Gasteiger partial charge in [0.1, 0.15) is 11.9 Å². The predicted molar refractivity (Wildman–Crippen MR) is 149 cm³/mol. The molecule has 4 aromatic rings. The van der Waals surface area contributed by atoms with Gasteiger partial charge in [-0.3, -0.25) is 14.9 Å². The zero-order valence-corrected chi connectivity index (χ0v) is 21.5. The van der Waals surface area contributed by atoms with Gasteiger partial charge in [-0.25, -0.2) is 0 Å². The second-order valence-electron chi connectivity index (χ2n) is 9.91. The number of pyridine rings is 1. The van der Waals surface area contributed by atoms with E-state index in [1.807, 2.05) is 36.5 Å². The molecule has 2 aliphatic heterocycles. The van der Waals surface area contributed by atoms with Crippen LogP contribution in [0.3, 0.4) is 0 Å². The molecular weight excluding hydrogens is 480 g/mol. The minimum atomic E-state index is 0.0570. The van der Waals surface area contributed by atoms with Crippen molar-refractivity contribution < 1.29 is 14.3 Å². The summed E-state index contributed by atoms with van der Waals surface area (Å²) in [4.78, 5) is 21.5. The van der Waals surface area contributed by atoms with Gasteiger partial charge in [-0.15, -0.1) is 0 Å². The fourth-order valence-corrected chi connectivity index (χ4v) is 5.39. The molecule has 0 bridgehead atoms. The van der Waals surface area contributed by atoms with Gasteiger partial charge in [0.05, 0.1) is 36.0 Å². The number of aromatic nitrogens is 3. The fraction of sp³-hybridized carbons (Fsp3) is 0.345. The minimum absolute atomic E-state index is 0.0570. The number of anilines is 3. The highest BCUT2D eigenvalue weighted by Crippen LogP contribution is 2.38. The Hall–Kier alpha value is -4.11. The number of rotatable bonds is 6. The summed E-state index contributed by atoms with van der Waals surface area (Å²) in [7, 11) is 0. The molecule has 9 heteroatoms. The van der Waals surface area contributed by atoms with Crippen LogP contribution in [0.1, 0.15) is 30.1 Å². The van der Waals surface area contributed by atoms with E-state index in [0.717, 1.165) is 83.7 Å². The van der Waals surface area contributed by atoms with E-state index in [1.54, 1.807) is 13.1 Å². The zero-order chi connectivity index (χ0) is 26.1. The number of aromatic amines is 1. The summed E-state index contributed by atoms with van der Waals surface area (Å²) in [5.41, 5.74) is 11.8. The number of hydrogen-bond donors (Lipinski definition) is 2. The summed E-state index contributed by atoms with van der Waals surface area (Å²) >= 11 is 0. The van der Waals surface area contributed by atoms with Crippen molar-refractivity contribution in [2.75, 3.05) is 54.9 Å². The number of piperazine rings is 1. The molecule has 2 saturated heterocycles. The zero-order valence-electron chi connectivity index (χ0n) is 21.5. The monoisotopic (exact) mass is 512 g/mol. The minimum Gasteiger partial charge on any atom is -0.489 e. The topological polar surface area (TPSA) is 110 Å². The summed E-state index contributed by atoms with van der Waals surface area (Å²) in [5, 5.41) is 8.08. The molecule has 3 N–H and O–H groups in total. The molecule has 0 atom stereocenters. The first-order valence-corrected chi connectivity index (χ1v) is 13.1. The van der Waals surface area contributed by atoms with Crippen LogP contribution < -0.4 is 20.3 Å². The normalized spacial score (nSPS) is 16.7. The molecule has 0 saturated carbocycles. The molecule has 2 fully saturated rings. The van der Waals surface area contributed by atoms with E-state index in [1.165, 1.54) is 0 Å². The number of Topliss-reactive ketones (excluding diaryl/α,β-unsaturated/α-hetero) is 1. The van der Waals surface area contributed by atoms with Gasteiger partial charge in [-0.05, 0) is 54.4 Å². The van der Waals surface area contributed by atoms with Gasteiger partial charge in [0.2, 0.25) is 0 Å². The molecule has 9 nitrogen and oxygen atoms in total. The molecule has 0 spiro atoms. The maximum absolute atomic E-state index is 12.6. The van der Waals surface area contributed by atoms with Crippen molar-refractivity contribution >= 4 is 33.9 Å². The van der Waals surface area contributed by atoms with Gasteiger partial charge in [-0.1, -0.05) is 6.07 Å². The fourth-order valence-electron chi connectivity index (χ4n) is 5.39. The van der Waals surface area contributed by atoms with Crippen LogP contribution in [0.2, 0.25) is 0 Å². The average molecular weight is 513 g/mol. The lowest BCUT2D eigenvalue weighted by atomic mass is 9.98. The SMILES string of the molecule is CC(=O)c1ccc(-c2cc(OC3CCOCC3)c3c(N)n[nH]c3c2)cc1N1CCN(c2cccnc2)CC1. The standard InChI is InChI=1S/C29H32N6O3/c1-19(36)24-5-4-20(16-26(24)35-11-9-34(10-12-35)22-3-2-8-31-18-22)21-15-25-28(29(30)33-32-25)27(17-21)38-23-6-13-37-14-7-23/h2-5,8,15-18,23H,6-7,9-14H2,1H3,(H3,30,32,33). The van der Waals surface area contributed by atoms with Gasteiger partial charge in [0, 0.05) is 56.5 Å². The number of H-pyrrole nitrogens is 1. The Balaban J connectivity index is 1.33. The molecule has 0 unspecified atom stereocenters. The first-order chi connectivity index (χ1) is 18.6. The van der Waals surface area contributed by atoms with E-state index in [2.05, 4.69) is 37.1 Å². The summed E-state index contributed by atoms with van der Waals surface area (Å²) in [6.07, 6.45) is 5.44. The molecule has 2 aromatic heterocycles. The van der Waals surface area contributed by atoms with E-state index in [0.29, 0.717) is 19.0 Å². The first kappa shape index (κ1) is 24.2. The molecule has 196 valence electrons. The van der Waals surface area contributed by atoms with Crippen molar-refractivity contribution in [3.8, 4) is 16.9 Å². The van der Waals surface area contributed by atoms with Gasteiger partial charge in [0.15, 0.2) is 11.6 Å². The second kappa shape index (κ2) is 10.3. The van der Waals surface area contributed by atoms with Crippen LogP contribution >= 0.6 is 0 Å². The van der Waals surface area contributed by atoms with Crippen molar-refractivity contribution in [3.63, 3.8) is 0 Å². The predicted octanol–water partition coefficient (Wildman–Crippen LogP) is 4.29. The summed E-state index contributed by atoms with van der Waals surface area (Å²) in [6, 6.07) is 14.2. The maximum Gasteiger partial charge on any atom is 0.161 e. The van der Waals surface area contributed by atoms with Crippen LogP contribution in [0.5, 0.6) is 5.75 Å². The van der Waals surface area contributed by atoms with E-state index in [9.17, 15) is 4.79 Å². The van der Waals surface area contributed by atoms with E-state index in [4.69, 9.17) is 15.2 Å². The first-order valence-electron chi connectivity index (χ1n) is 13.1. The van der Waals surface area contributed by atoms with Crippen molar-refractivity contribution in [2.45, 2.75) is 25.9 Å². The summed E-state index contributed by atoms with van der Waals surface area (Å²) in [6.45, 7) is 6.35. The number of nitrogens with two attached hydrogens (primary N) is 1. The molecule has 0 amide bonds. The molecule has 38 heavy (non-hydrogen) atoms. The van der Waals surface area contributed by atoms with Crippen LogP contribution in [0, 0.1) is 0 Å². The number of nitrogen functional groups attached to an aromatic ring is 1. The van der Waals surface area contributed by atoms with Gasteiger partial charge >= 0.3 is 0 Å². The quantitative estimate of drug-likeness (QED) is 0.368. The Kier molecular flexibility index (Phi) is 6.59. The number of nitrogens with zero attached hydrogens (tertiary/aromatic N) is 4. The molecule has 6 rings (SSSR count). The number of hydrogen-bond acceptors (Lipinski definition) is 8. The lowest BCUT2D eigenvalue weighted by molar-refractivity contribution is 0.0262. The van der Waals surface area contributed by atoms with Gasteiger partial charge < -0.3 is 25.0 Å². The smallest absolute Gasteiger partial charge is 0.161 e. The van der Waals surface area contributed by atoms with Crippen LogP contribution in [0.15, 0.2) is 54.9 Å². The van der Waals surface area contributed by atoms with E-state index < -0.39 is 0 Å². The molecule has 0 radical (unpaired) electrons. The summed E-state index contributed by atoms with van der Waals surface area (Å²) < 4.78 is 11.9. The van der Waals surface area contributed by atoms with Crippen LogP contribution in [-0.4, -0.2) is 66.5 Å². The van der Waals surface area contributed by atoms with Crippen molar-refractivity contribution in [2.24, 2.45) is 0 Å². The van der Waals surface area contributed by atoms with Crippen LogP contribution in [0.4, 0.5) is 17.2 Å². The third-order valence-electron chi connectivity index (χ3n) is 7.46. The molecule has 2 aromatic carbocycles. The Labute approximate surface area is 221 Å². The lowest BCUT2D eigenvalue weighted by Crippen LogP contribution is -2.47. The van der Waals surface area contributed by atoms with Gasteiger partial charge in [0.25, 0.3) is 0 Å². The Morgan fingerprint density at radius 1 is 1.05 bits per heavy atom. The number of ketones is 1. The van der Waals surface area contributed by atoms with Gasteiger partial charge in [-0.2, -0.15) is 5.10 Å². The summed E-state index contributed by atoms with van der Waals surface area (Å²) in [5.74, 6) is 1.20. The van der Waals surface area contributed by atoms with Crippen molar-refractivity contribution in [1.82, 2.24) is 15.2 Å². The van der Waals surface area contributed by atoms with Crippen molar-refractivity contribution in [3.05, 3.63) is 60.4 Å². The third kappa shape index (κ3) is 4.77. The van der Waals surface area contributed by atoms with E-state index in [-0.39, 0.29) is 11.9 Å². The average Bonchev–Trinajstić information content (AvgIpc) is 3.34. The Morgan fingerprint density at radius 2 is 1.84 bits per heavy atom. The number of carbonyl (C=O) groups excluding carboxylic acids is 1. The van der Waals surface area contributed by atoms with Crippen LogP contribution in [0.25, 0.3) is 22.0 Å². The number of carbonyl (C=O) groups is 1. The third-order valence-corrected chi connectivity index (χ3v) is 7.46. The highest BCUT2D eigenvalue weighted by molar-refractivity contribution is 6.01. The second-order valence-corrected chi connectivity index (χ2v) is 9.91. The molecule has 0 aliphatic carbocycles. The Morgan fingerprint density at radius 3 is 2.58 bits per heavy atom. The lowest BCUT2D eigenvalue weighted by Gasteiger charge is -2.38. The highest BCUT2D eigenvalue weighted by atomic mass is 16.5. The number of fused-ring (bicyclic) bond motifs is 1. The van der Waals surface area contributed by atoms with Crippen molar-refractivity contribution in [1.29, 1.82) is 0 Å². The Bertz CT molecular complexity index is 1440. The molecule has 2 aliphatic rings. The number of nitrogens with one attached hydrogen (secondary N) is 1. The number of ether oxygens (including phenoxy) is 2. The maximum atomic E-state index is 12.6. The number of benzene rings is 2. The highest BCUT2D eigenvalue weighted by Gasteiger charge is 2.23. The van der Waals surface area contributed by atoms with Crippen LogP contribution in [-0.2, 0) is 4.74 Å².